The molecule has 0 spiro atoms. The zero-order chi connectivity index (χ0) is 19.1. The predicted molar refractivity (Wildman–Crippen MR) is 105 cm³/mol. The lowest BCUT2D eigenvalue weighted by molar-refractivity contribution is -0.119. The number of anilines is 3. The van der Waals surface area contributed by atoms with Crippen LogP contribution in [0.5, 0.6) is 5.75 Å². The summed E-state index contributed by atoms with van der Waals surface area (Å²) in [5, 5.41) is 9.04. The number of hydrogen-bond donors (Lipinski definition) is 3. The topological polar surface area (TPSA) is 79.5 Å². The standard InChI is InChI=1S/C19H22ClN3O3/c1-12(2)19(25)23-14-6-4-13(5-7-14)22-18(24)11-21-15-8-9-17(26-3)16(20)10-15/h4-10,12,21H,11H2,1-3H3,(H,22,24)(H,23,25). The molecule has 0 radical (unpaired) electrons. The molecule has 0 heterocycles. The Kier molecular flexibility index (Phi) is 6.86. The molecule has 0 aliphatic heterocycles. The summed E-state index contributed by atoms with van der Waals surface area (Å²) in [6.45, 7) is 3.74. The Labute approximate surface area is 157 Å². The van der Waals surface area contributed by atoms with Gasteiger partial charge >= 0.3 is 0 Å². The Morgan fingerprint density at radius 3 is 2.12 bits per heavy atom. The van der Waals surface area contributed by atoms with Gasteiger partial charge in [-0.25, -0.2) is 0 Å². The molecule has 6 nitrogen and oxygen atoms in total. The number of ether oxygens (including phenoxy) is 1. The highest BCUT2D eigenvalue weighted by Crippen LogP contribution is 2.27. The van der Waals surface area contributed by atoms with E-state index in [0.29, 0.717) is 22.1 Å². The zero-order valence-electron chi connectivity index (χ0n) is 14.9. The lowest BCUT2D eigenvalue weighted by atomic mass is 10.2. The van der Waals surface area contributed by atoms with Gasteiger partial charge in [-0.2, -0.15) is 0 Å². The molecule has 2 aromatic carbocycles. The van der Waals surface area contributed by atoms with Gasteiger partial charge in [0.15, 0.2) is 0 Å². The number of halogens is 1. The largest absolute Gasteiger partial charge is 0.495 e. The molecule has 0 saturated heterocycles. The molecular formula is C19H22ClN3O3. The van der Waals surface area contributed by atoms with Gasteiger partial charge in [0.2, 0.25) is 11.8 Å². The van der Waals surface area contributed by atoms with Crippen molar-refractivity contribution in [1.82, 2.24) is 0 Å². The summed E-state index contributed by atoms with van der Waals surface area (Å²) in [6.07, 6.45) is 0. The van der Waals surface area contributed by atoms with E-state index in [-0.39, 0.29) is 24.3 Å². The average molecular weight is 376 g/mol. The third-order valence-corrected chi connectivity index (χ3v) is 3.86. The van der Waals surface area contributed by atoms with Crippen LogP contribution in [0, 0.1) is 5.92 Å². The van der Waals surface area contributed by atoms with Crippen LogP contribution in [-0.4, -0.2) is 25.5 Å². The molecule has 0 aromatic heterocycles. The number of nitrogens with one attached hydrogen (secondary N) is 3. The van der Waals surface area contributed by atoms with Crippen molar-refractivity contribution in [2.24, 2.45) is 5.92 Å². The first-order chi connectivity index (χ1) is 12.4. The number of amides is 2. The average Bonchev–Trinajstić information content (AvgIpc) is 2.61. The minimum atomic E-state index is -0.198. The summed E-state index contributed by atoms with van der Waals surface area (Å²) in [4.78, 5) is 23.7. The van der Waals surface area contributed by atoms with E-state index in [1.165, 1.54) is 0 Å². The monoisotopic (exact) mass is 375 g/mol. The van der Waals surface area contributed by atoms with E-state index in [0.717, 1.165) is 5.69 Å². The quantitative estimate of drug-likeness (QED) is 0.683. The minimum absolute atomic E-state index is 0.0517. The maximum absolute atomic E-state index is 12.0. The second kappa shape index (κ2) is 9.10. The fourth-order valence-electron chi connectivity index (χ4n) is 2.09. The van der Waals surface area contributed by atoms with Crippen molar-refractivity contribution in [2.75, 3.05) is 29.6 Å². The molecule has 0 aliphatic rings. The maximum atomic E-state index is 12.0. The third kappa shape index (κ3) is 5.67. The summed E-state index contributed by atoms with van der Waals surface area (Å²) in [5.74, 6) is 0.235. The van der Waals surface area contributed by atoms with Crippen molar-refractivity contribution in [3.63, 3.8) is 0 Å². The molecule has 26 heavy (non-hydrogen) atoms. The molecule has 0 aliphatic carbocycles. The van der Waals surface area contributed by atoms with E-state index < -0.39 is 0 Å². The highest BCUT2D eigenvalue weighted by molar-refractivity contribution is 6.32. The van der Waals surface area contributed by atoms with Crippen LogP contribution in [0.15, 0.2) is 42.5 Å². The van der Waals surface area contributed by atoms with Gasteiger partial charge in [-0.1, -0.05) is 25.4 Å². The second-order valence-corrected chi connectivity index (χ2v) is 6.38. The van der Waals surface area contributed by atoms with E-state index in [1.807, 2.05) is 13.8 Å². The number of carbonyl (C=O) groups is 2. The van der Waals surface area contributed by atoms with E-state index in [9.17, 15) is 9.59 Å². The highest BCUT2D eigenvalue weighted by atomic mass is 35.5. The first kappa shape index (κ1) is 19.6. The van der Waals surface area contributed by atoms with Gasteiger partial charge < -0.3 is 20.7 Å². The zero-order valence-corrected chi connectivity index (χ0v) is 15.7. The van der Waals surface area contributed by atoms with Crippen LogP contribution >= 0.6 is 11.6 Å². The van der Waals surface area contributed by atoms with Crippen molar-refractivity contribution in [1.29, 1.82) is 0 Å². The molecule has 3 N–H and O–H groups in total. The van der Waals surface area contributed by atoms with Crippen molar-refractivity contribution >= 4 is 40.5 Å². The Bertz CT molecular complexity index is 776. The van der Waals surface area contributed by atoms with Crippen LogP contribution in [0.3, 0.4) is 0 Å². The number of methoxy groups -OCH3 is 1. The third-order valence-electron chi connectivity index (χ3n) is 3.57. The van der Waals surface area contributed by atoms with Crippen LogP contribution in [0.1, 0.15) is 13.8 Å². The molecule has 0 bridgehead atoms. The summed E-state index contributed by atoms with van der Waals surface area (Å²) >= 11 is 6.05. The maximum Gasteiger partial charge on any atom is 0.243 e. The van der Waals surface area contributed by atoms with Crippen LogP contribution in [-0.2, 0) is 9.59 Å². The van der Waals surface area contributed by atoms with Crippen molar-refractivity contribution in [3.05, 3.63) is 47.5 Å². The Hall–Kier alpha value is -2.73. The van der Waals surface area contributed by atoms with E-state index >= 15 is 0 Å². The fraction of sp³-hybridized carbons (Fsp3) is 0.263. The molecule has 138 valence electrons. The lowest BCUT2D eigenvalue weighted by Gasteiger charge is -2.11. The van der Waals surface area contributed by atoms with Crippen LogP contribution in [0.4, 0.5) is 17.1 Å². The SMILES string of the molecule is COc1ccc(NCC(=O)Nc2ccc(NC(=O)C(C)C)cc2)cc1Cl. The van der Waals surface area contributed by atoms with Crippen LogP contribution in [0.2, 0.25) is 5.02 Å². The predicted octanol–water partition coefficient (Wildman–Crippen LogP) is 3.99. The van der Waals surface area contributed by atoms with Gasteiger partial charge in [0.05, 0.1) is 18.7 Å². The molecule has 0 fully saturated rings. The number of rotatable bonds is 7. The van der Waals surface area contributed by atoms with Gasteiger partial charge in [0.1, 0.15) is 5.75 Å². The van der Waals surface area contributed by atoms with Crippen molar-refractivity contribution in [3.8, 4) is 5.75 Å². The smallest absolute Gasteiger partial charge is 0.243 e. The molecule has 2 amide bonds. The Morgan fingerprint density at radius 2 is 1.58 bits per heavy atom. The molecule has 2 rings (SSSR count). The van der Waals surface area contributed by atoms with Gasteiger partial charge in [0.25, 0.3) is 0 Å². The van der Waals surface area contributed by atoms with Gasteiger partial charge in [0, 0.05) is 23.0 Å². The molecular weight excluding hydrogens is 354 g/mol. The minimum Gasteiger partial charge on any atom is -0.495 e. The van der Waals surface area contributed by atoms with E-state index in [1.54, 1.807) is 49.6 Å². The Balaban J connectivity index is 1.85. The van der Waals surface area contributed by atoms with Gasteiger partial charge in [-0.05, 0) is 42.5 Å². The highest BCUT2D eigenvalue weighted by Gasteiger charge is 2.08. The van der Waals surface area contributed by atoms with Crippen LogP contribution in [0.25, 0.3) is 0 Å². The Morgan fingerprint density at radius 1 is 1.00 bits per heavy atom. The van der Waals surface area contributed by atoms with Gasteiger partial charge in [-0.3, -0.25) is 9.59 Å². The molecule has 0 saturated carbocycles. The fourth-order valence-corrected chi connectivity index (χ4v) is 2.35. The summed E-state index contributed by atoms with van der Waals surface area (Å²) in [6, 6.07) is 12.2. The molecule has 0 atom stereocenters. The van der Waals surface area contributed by atoms with Gasteiger partial charge in [-0.15, -0.1) is 0 Å². The van der Waals surface area contributed by atoms with E-state index in [2.05, 4.69) is 16.0 Å². The lowest BCUT2D eigenvalue weighted by Crippen LogP contribution is -2.21. The summed E-state index contributed by atoms with van der Waals surface area (Å²) in [5.41, 5.74) is 2.05. The first-order valence-electron chi connectivity index (χ1n) is 8.17. The normalized spacial score (nSPS) is 10.3. The number of carbonyl (C=O) groups excluding carboxylic acids is 2. The summed E-state index contributed by atoms with van der Waals surface area (Å²) in [7, 11) is 1.54. The molecule has 0 unspecified atom stereocenters. The number of hydrogen-bond acceptors (Lipinski definition) is 4. The van der Waals surface area contributed by atoms with Crippen molar-refractivity contribution < 1.29 is 14.3 Å². The second-order valence-electron chi connectivity index (χ2n) is 5.97. The number of benzene rings is 2. The van der Waals surface area contributed by atoms with Crippen molar-refractivity contribution in [2.45, 2.75) is 13.8 Å². The first-order valence-corrected chi connectivity index (χ1v) is 8.55. The molecule has 7 heteroatoms. The van der Waals surface area contributed by atoms with E-state index in [4.69, 9.17) is 16.3 Å². The van der Waals surface area contributed by atoms with Crippen LogP contribution < -0.4 is 20.7 Å². The summed E-state index contributed by atoms with van der Waals surface area (Å²) < 4.78 is 5.09. The molecule has 2 aromatic rings.